The predicted molar refractivity (Wildman–Crippen MR) is 112 cm³/mol. The summed E-state index contributed by atoms with van der Waals surface area (Å²) in [4.78, 5) is 17.9. The molecular weight excluding hydrogens is 348 g/mol. The lowest BCUT2D eigenvalue weighted by Crippen LogP contribution is -2.16. The lowest BCUT2D eigenvalue weighted by molar-refractivity contribution is 0.102. The number of rotatable bonds is 4. The minimum absolute atomic E-state index is 0.0277. The summed E-state index contributed by atoms with van der Waals surface area (Å²) in [6.07, 6.45) is 0. The second kappa shape index (κ2) is 7.62. The number of amides is 1. The fourth-order valence-electron chi connectivity index (χ4n) is 3.40. The van der Waals surface area contributed by atoms with Crippen molar-refractivity contribution in [2.45, 2.75) is 13.5 Å². The molecule has 0 aliphatic rings. The molecule has 3 aromatic carbocycles. The number of nitrogens with zero attached hydrogens (tertiary/aromatic N) is 1. The van der Waals surface area contributed by atoms with E-state index in [0.29, 0.717) is 16.9 Å². The first-order valence-electron chi connectivity index (χ1n) is 9.13. The monoisotopic (exact) mass is 368 g/mol. The van der Waals surface area contributed by atoms with Gasteiger partial charge in [0.05, 0.1) is 23.4 Å². The van der Waals surface area contributed by atoms with Crippen molar-refractivity contribution in [1.29, 1.82) is 0 Å². The zero-order valence-electron chi connectivity index (χ0n) is 15.5. The van der Waals surface area contributed by atoms with Gasteiger partial charge in [-0.25, -0.2) is 0 Å². The van der Waals surface area contributed by atoms with E-state index in [4.69, 9.17) is 0 Å². The fourth-order valence-corrected chi connectivity index (χ4v) is 3.40. The molecular formula is C24H20N2O2. The van der Waals surface area contributed by atoms with E-state index in [1.807, 2.05) is 61.5 Å². The van der Waals surface area contributed by atoms with Crippen LogP contribution in [0.1, 0.15) is 21.6 Å². The van der Waals surface area contributed by atoms with Crippen molar-refractivity contribution in [1.82, 2.24) is 4.98 Å². The van der Waals surface area contributed by atoms with Gasteiger partial charge in [-0.1, -0.05) is 60.7 Å². The molecule has 0 atom stereocenters. The molecule has 1 aromatic heterocycles. The smallest absolute Gasteiger partial charge is 0.258 e. The molecule has 0 bridgehead atoms. The number of hydrogen-bond acceptors (Lipinski definition) is 3. The average molecular weight is 368 g/mol. The Balaban J connectivity index is 1.85. The van der Waals surface area contributed by atoms with E-state index >= 15 is 0 Å². The van der Waals surface area contributed by atoms with Crippen molar-refractivity contribution in [3.63, 3.8) is 0 Å². The number of benzene rings is 3. The quantitative estimate of drug-likeness (QED) is 0.535. The molecule has 0 aliphatic heterocycles. The molecule has 0 saturated carbocycles. The molecule has 0 fully saturated rings. The van der Waals surface area contributed by atoms with E-state index < -0.39 is 0 Å². The Kier molecular flexibility index (Phi) is 4.87. The third-order valence-electron chi connectivity index (χ3n) is 4.76. The number of aryl methyl sites for hydroxylation is 1. The van der Waals surface area contributed by atoms with Gasteiger partial charge in [0.2, 0.25) is 0 Å². The third-order valence-corrected chi connectivity index (χ3v) is 4.76. The van der Waals surface area contributed by atoms with Crippen LogP contribution in [0.3, 0.4) is 0 Å². The van der Waals surface area contributed by atoms with Gasteiger partial charge in [0.15, 0.2) is 0 Å². The van der Waals surface area contributed by atoms with Gasteiger partial charge in [-0.15, -0.1) is 0 Å². The van der Waals surface area contributed by atoms with Crippen LogP contribution < -0.4 is 5.32 Å². The highest BCUT2D eigenvalue weighted by Crippen LogP contribution is 2.33. The molecule has 1 heterocycles. The van der Waals surface area contributed by atoms with Crippen molar-refractivity contribution in [2.24, 2.45) is 0 Å². The van der Waals surface area contributed by atoms with E-state index in [-0.39, 0.29) is 12.5 Å². The normalized spacial score (nSPS) is 10.8. The molecule has 138 valence electrons. The van der Waals surface area contributed by atoms with Gasteiger partial charge < -0.3 is 10.4 Å². The molecule has 0 unspecified atom stereocenters. The van der Waals surface area contributed by atoms with Crippen LogP contribution >= 0.6 is 0 Å². The molecule has 28 heavy (non-hydrogen) atoms. The molecule has 2 N–H and O–H groups in total. The minimum Gasteiger partial charge on any atom is -0.392 e. The van der Waals surface area contributed by atoms with E-state index in [1.54, 1.807) is 24.3 Å². The summed E-state index contributed by atoms with van der Waals surface area (Å²) in [7, 11) is 0. The molecule has 4 rings (SSSR count). The SMILES string of the molecule is Cc1nc2ccccc2c(-c2ccccc2)c1C(=O)Nc1ccc(CO)cc1. The van der Waals surface area contributed by atoms with Gasteiger partial charge in [0.25, 0.3) is 5.91 Å². The number of anilines is 1. The summed E-state index contributed by atoms with van der Waals surface area (Å²) in [5.41, 5.74) is 5.44. The van der Waals surface area contributed by atoms with Crippen molar-refractivity contribution in [2.75, 3.05) is 5.32 Å². The maximum Gasteiger partial charge on any atom is 0.258 e. The Hall–Kier alpha value is -3.50. The number of fused-ring (bicyclic) bond motifs is 1. The Morgan fingerprint density at radius 1 is 0.929 bits per heavy atom. The molecule has 0 aliphatic carbocycles. The number of aliphatic hydroxyl groups excluding tert-OH is 1. The highest BCUT2D eigenvalue weighted by atomic mass is 16.3. The first kappa shape index (κ1) is 17.9. The maximum absolute atomic E-state index is 13.2. The first-order chi connectivity index (χ1) is 13.7. The van der Waals surface area contributed by atoms with Gasteiger partial charge in [0, 0.05) is 16.6 Å². The minimum atomic E-state index is -0.202. The number of nitrogens with one attached hydrogen (secondary N) is 1. The first-order valence-corrected chi connectivity index (χ1v) is 9.13. The van der Waals surface area contributed by atoms with Crippen LogP contribution in [0.5, 0.6) is 0 Å². The van der Waals surface area contributed by atoms with Crippen molar-refractivity contribution < 1.29 is 9.90 Å². The number of para-hydroxylation sites is 1. The lowest BCUT2D eigenvalue weighted by atomic mass is 9.94. The number of carbonyl (C=O) groups excluding carboxylic acids is 1. The maximum atomic E-state index is 13.2. The third kappa shape index (κ3) is 3.38. The summed E-state index contributed by atoms with van der Waals surface area (Å²) in [5, 5.41) is 13.1. The van der Waals surface area contributed by atoms with Crippen LogP contribution in [-0.2, 0) is 6.61 Å². The Morgan fingerprint density at radius 2 is 1.61 bits per heavy atom. The van der Waals surface area contributed by atoms with Gasteiger partial charge in [-0.2, -0.15) is 0 Å². The molecule has 4 heteroatoms. The molecule has 0 saturated heterocycles. The van der Waals surface area contributed by atoms with Crippen LogP contribution in [0.4, 0.5) is 5.69 Å². The van der Waals surface area contributed by atoms with E-state index in [2.05, 4.69) is 10.3 Å². The molecule has 1 amide bonds. The number of pyridine rings is 1. The second-order valence-corrected chi connectivity index (χ2v) is 6.64. The summed E-state index contributed by atoms with van der Waals surface area (Å²) < 4.78 is 0. The molecule has 0 radical (unpaired) electrons. The molecule has 4 aromatic rings. The number of aliphatic hydroxyl groups is 1. The van der Waals surface area contributed by atoms with E-state index in [9.17, 15) is 9.90 Å². The number of aromatic nitrogens is 1. The van der Waals surface area contributed by atoms with E-state index in [0.717, 1.165) is 27.6 Å². The van der Waals surface area contributed by atoms with Gasteiger partial charge in [-0.05, 0) is 36.2 Å². The molecule has 4 nitrogen and oxygen atoms in total. The molecule has 0 spiro atoms. The van der Waals surface area contributed by atoms with Crippen molar-refractivity contribution in [3.05, 3.63) is 95.7 Å². The topological polar surface area (TPSA) is 62.2 Å². The number of hydrogen-bond donors (Lipinski definition) is 2. The van der Waals surface area contributed by atoms with Crippen molar-refractivity contribution >= 4 is 22.5 Å². The van der Waals surface area contributed by atoms with Gasteiger partial charge in [0.1, 0.15) is 0 Å². The highest BCUT2D eigenvalue weighted by Gasteiger charge is 2.20. The largest absolute Gasteiger partial charge is 0.392 e. The standard InChI is InChI=1S/C24H20N2O2/c1-16-22(24(28)26-19-13-11-17(15-27)12-14-19)23(18-7-3-2-4-8-18)20-9-5-6-10-21(20)25-16/h2-14,27H,15H2,1H3,(H,26,28). The van der Waals surface area contributed by atoms with Crippen LogP contribution in [0, 0.1) is 6.92 Å². The average Bonchev–Trinajstić information content (AvgIpc) is 2.74. The Morgan fingerprint density at radius 3 is 2.32 bits per heavy atom. The van der Waals surface area contributed by atoms with Crippen LogP contribution in [0.25, 0.3) is 22.0 Å². The van der Waals surface area contributed by atoms with E-state index in [1.165, 1.54) is 0 Å². The second-order valence-electron chi connectivity index (χ2n) is 6.64. The number of carbonyl (C=O) groups is 1. The van der Waals surface area contributed by atoms with Gasteiger partial charge >= 0.3 is 0 Å². The Bertz CT molecular complexity index is 1140. The van der Waals surface area contributed by atoms with Crippen LogP contribution in [0.15, 0.2) is 78.9 Å². The summed E-state index contributed by atoms with van der Waals surface area (Å²) >= 11 is 0. The lowest BCUT2D eigenvalue weighted by Gasteiger charge is -2.16. The summed E-state index contributed by atoms with van der Waals surface area (Å²) in [6, 6.07) is 24.9. The Labute approximate surface area is 163 Å². The summed E-state index contributed by atoms with van der Waals surface area (Å²) in [6.45, 7) is 1.84. The zero-order valence-corrected chi connectivity index (χ0v) is 15.5. The van der Waals surface area contributed by atoms with Crippen LogP contribution in [0.2, 0.25) is 0 Å². The van der Waals surface area contributed by atoms with Crippen molar-refractivity contribution in [3.8, 4) is 11.1 Å². The van der Waals surface area contributed by atoms with Gasteiger partial charge in [-0.3, -0.25) is 9.78 Å². The summed E-state index contributed by atoms with van der Waals surface area (Å²) in [5.74, 6) is -0.202. The predicted octanol–water partition coefficient (Wildman–Crippen LogP) is 4.95. The highest BCUT2D eigenvalue weighted by molar-refractivity contribution is 6.14. The zero-order chi connectivity index (χ0) is 19.5. The van der Waals surface area contributed by atoms with Crippen LogP contribution in [-0.4, -0.2) is 16.0 Å². The fraction of sp³-hybridized carbons (Fsp3) is 0.0833.